The van der Waals surface area contributed by atoms with Crippen LogP contribution < -0.4 is 15.5 Å². The third-order valence-electron chi connectivity index (χ3n) is 6.94. The average Bonchev–Trinajstić information content (AvgIpc) is 3.52. The fraction of sp³-hybridized carbons (Fsp3) is 0.400. The van der Waals surface area contributed by atoms with Crippen LogP contribution in [0.4, 0.5) is 21.8 Å². The number of piperazine rings is 1. The Morgan fingerprint density at radius 3 is 2.60 bits per heavy atom. The lowest BCUT2D eigenvalue weighted by molar-refractivity contribution is 0.589. The van der Waals surface area contributed by atoms with E-state index in [1.54, 1.807) is 0 Å². The molecule has 0 unspecified atom stereocenters. The summed E-state index contributed by atoms with van der Waals surface area (Å²) in [6, 6.07) is 7.71. The SMILES string of the molecule is Cn1nc2nc(-c3nc(Nc4ccc(N5CCNCC5)cn4)ncc3F)ccc2c1C1CCCC1. The first kappa shape index (κ1) is 21.8. The molecule has 2 fully saturated rings. The van der Waals surface area contributed by atoms with Gasteiger partial charge in [0.2, 0.25) is 5.95 Å². The van der Waals surface area contributed by atoms with Gasteiger partial charge >= 0.3 is 0 Å². The summed E-state index contributed by atoms with van der Waals surface area (Å²) in [5.41, 5.74) is 3.47. The molecule has 180 valence electrons. The van der Waals surface area contributed by atoms with Crippen molar-refractivity contribution in [2.75, 3.05) is 36.4 Å². The molecule has 0 radical (unpaired) electrons. The molecule has 1 aliphatic heterocycles. The topological polar surface area (TPSA) is 96.7 Å². The first-order valence-corrected chi connectivity index (χ1v) is 12.2. The zero-order valence-electron chi connectivity index (χ0n) is 19.7. The summed E-state index contributed by atoms with van der Waals surface area (Å²) in [5.74, 6) is 0.834. The number of rotatable bonds is 5. The Bertz CT molecular complexity index is 1340. The molecule has 1 saturated carbocycles. The number of hydrogen-bond acceptors (Lipinski definition) is 8. The minimum atomic E-state index is -0.531. The van der Waals surface area contributed by atoms with Crippen molar-refractivity contribution in [3.63, 3.8) is 0 Å². The van der Waals surface area contributed by atoms with Crippen molar-refractivity contribution in [3.05, 3.63) is 48.2 Å². The smallest absolute Gasteiger partial charge is 0.229 e. The van der Waals surface area contributed by atoms with E-state index in [-0.39, 0.29) is 11.6 Å². The maximum absolute atomic E-state index is 14.7. The van der Waals surface area contributed by atoms with Crippen molar-refractivity contribution in [1.29, 1.82) is 0 Å². The van der Waals surface area contributed by atoms with E-state index in [0.717, 1.165) is 43.4 Å². The van der Waals surface area contributed by atoms with Crippen molar-refractivity contribution in [2.45, 2.75) is 31.6 Å². The molecule has 6 rings (SSSR count). The van der Waals surface area contributed by atoms with Gasteiger partial charge in [-0.1, -0.05) is 12.8 Å². The Kier molecular flexibility index (Phi) is 5.73. The second-order valence-corrected chi connectivity index (χ2v) is 9.21. The number of aromatic nitrogens is 6. The highest BCUT2D eigenvalue weighted by Crippen LogP contribution is 2.37. The van der Waals surface area contributed by atoms with Crippen LogP contribution in [0.1, 0.15) is 37.3 Å². The van der Waals surface area contributed by atoms with Crippen molar-refractivity contribution in [3.8, 4) is 11.4 Å². The quantitative estimate of drug-likeness (QED) is 0.452. The standard InChI is InChI=1S/C25H28FN9/c1-34-23(16-4-2-3-5-16)18-7-8-20(30-24(18)33-34)22-19(26)15-29-25(32-22)31-21-9-6-17(14-28-21)35-12-10-27-11-13-35/h6-9,14-16,27H,2-5,10-13H2,1H3,(H,28,29,31,32). The van der Waals surface area contributed by atoms with Crippen molar-refractivity contribution in [2.24, 2.45) is 7.05 Å². The van der Waals surface area contributed by atoms with E-state index in [1.165, 1.54) is 31.4 Å². The van der Waals surface area contributed by atoms with E-state index in [4.69, 9.17) is 0 Å². The van der Waals surface area contributed by atoms with E-state index in [1.807, 2.05) is 42.2 Å². The largest absolute Gasteiger partial charge is 0.368 e. The first-order valence-electron chi connectivity index (χ1n) is 12.2. The van der Waals surface area contributed by atoms with Crippen LogP contribution in [-0.2, 0) is 7.05 Å². The predicted molar refractivity (Wildman–Crippen MR) is 133 cm³/mol. The van der Waals surface area contributed by atoms with Gasteiger partial charge in [0.05, 0.1) is 29.5 Å². The number of hydrogen-bond donors (Lipinski definition) is 2. The predicted octanol–water partition coefficient (Wildman–Crippen LogP) is 3.77. The van der Waals surface area contributed by atoms with Gasteiger partial charge in [0.25, 0.3) is 0 Å². The number of aryl methyl sites for hydroxylation is 1. The molecule has 5 heterocycles. The normalized spacial score (nSPS) is 16.8. The van der Waals surface area contributed by atoms with Gasteiger partial charge in [0.15, 0.2) is 11.5 Å². The third kappa shape index (κ3) is 4.29. The van der Waals surface area contributed by atoms with Crippen LogP contribution in [0.5, 0.6) is 0 Å². The van der Waals surface area contributed by atoms with Crippen LogP contribution in [-0.4, -0.2) is 55.9 Å². The summed E-state index contributed by atoms with van der Waals surface area (Å²) in [6.07, 6.45) is 7.84. The average molecular weight is 474 g/mol. The molecule has 2 aliphatic rings. The fourth-order valence-electron chi connectivity index (χ4n) is 5.20. The second-order valence-electron chi connectivity index (χ2n) is 9.21. The molecule has 1 saturated heterocycles. The molecule has 4 aromatic heterocycles. The number of halogens is 1. The highest BCUT2D eigenvalue weighted by atomic mass is 19.1. The zero-order valence-corrected chi connectivity index (χ0v) is 19.7. The minimum Gasteiger partial charge on any atom is -0.368 e. The summed E-state index contributed by atoms with van der Waals surface area (Å²) in [5, 5.41) is 12.1. The zero-order chi connectivity index (χ0) is 23.8. The van der Waals surface area contributed by atoms with Crippen LogP contribution in [0.25, 0.3) is 22.4 Å². The molecular formula is C25H28FN9. The highest BCUT2D eigenvalue weighted by molar-refractivity contribution is 5.81. The Labute approximate surface area is 202 Å². The van der Waals surface area contributed by atoms with Gasteiger partial charge in [-0.15, -0.1) is 0 Å². The summed E-state index contributed by atoms with van der Waals surface area (Å²) >= 11 is 0. The van der Waals surface area contributed by atoms with E-state index in [9.17, 15) is 4.39 Å². The summed E-state index contributed by atoms with van der Waals surface area (Å²) in [7, 11) is 1.96. The summed E-state index contributed by atoms with van der Waals surface area (Å²) in [6.45, 7) is 3.84. The number of fused-ring (bicyclic) bond motifs is 1. The Balaban J connectivity index is 1.25. The molecular weight excluding hydrogens is 445 g/mol. The van der Waals surface area contributed by atoms with E-state index >= 15 is 0 Å². The van der Waals surface area contributed by atoms with Crippen molar-refractivity contribution in [1.82, 2.24) is 35.0 Å². The molecule has 0 spiro atoms. The van der Waals surface area contributed by atoms with Gasteiger partial charge in [-0.3, -0.25) is 4.68 Å². The molecule has 0 bridgehead atoms. The van der Waals surface area contributed by atoms with Gasteiger partial charge in [0.1, 0.15) is 11.5 Å². The van der Waals surface area contributed by atoms with Crippen LogP contribution in [0.3, 0.4) is 0 Å². The lowest BCUT2D eigenvalue weighted by atomic mass is 10.0. The fourth-order valence-corrected chi connectivity index (χ4v) is 5.20. The highest BCUT2D eigenvalue weighted by Gasteiger charge is 2.24. The Morgan fingerprint density at radius 2 is 1.83 bits per heavy atom. The summed E-state index contributed by atoms with van der Waals surface area (Å²) < 4.78 is 16.7. The van der Waals surface area contributed by atoms with Crippen LogP contribution in [0.15, 0.2) is 36.7 Å². The van der Waals surface area contributed by atoms with Crippen molar-refractivity contribution >= 4 is 28.5 Å². The molecule has 10 heteroatoms. The molecule has 0 aromatic carbocycles. The maximum atomic E-state index is 14.7. The van der Waals surface area contributed by atoms with E-state index < -0.39 is 5.82 Å². The number of nitrogens with zero attached hydrogens (tertiary/aromatic N) is 7. The van der Waals surface area contributed by atoms with Crippen LogP contribution >= 0.6 is 0 Å². The van der Waals surface area contributed by atoms with Gasteiger partial charge in [-0.2, -0.15) is 5.10 Å². The molecule has 1 aliphatic carbocycles. The third-order valence-corrected chi connectivity index (χ3v) is 6.94. The van der Waals surface area contributed by atoms with E-state index in [0.29, 0.717) is 23.1 Å². The molecule has 9 nitrogen and oxygen atoms in total. The molecule has 35 heavy (non-hydrogen) atoms. The van der Waals surface area contributed by atoms with Gasteiger partial charge in [0, 0.05) is 44.5 Å². The van der Waals surface area contributed by atoms with Crippen LogP contribution in [0, 0.1) is 5.82 Å². The Morgan fingerprint density at radius 1 is 1.00 bits per heavy atom. The molecule has 2 N–H and O–H groups in total. The van der Waals surface area contributed by atoms with Gasteiger partial charge in [-0.25, -0.2) is 24.3 Å². The van der Waals surface area contributed by atoms with Gasteiger partial charge < -0.3 is 15.5 Å². The number of pyridine rings is 2. The maximum Gasteiger partial charge on any atom is 0.229 e. The molecule has 0 atom stereocenters. The lowest BCUT2D eigenvalue weighted by Gasteiger charge is -2.29. The monoisotopic (exact) mass is 473 g/mol. The van der Waals surface area contributed by atoms with Gasteiger partial charge in [-0.05, 0) is 37.1 Å². The second kappa shape index (κ2) is 9.18. The summed E-state index contributed by atoms with van der Waals surface area (Å²) in [4.78, 5) is 19.9. The first-order chi connectivity index (χ1) is 17.2. The molecule has 0 amide bonds. The van der Waals surface area contributed by atoms with Crippen LogP contribution in [0.2, 0.25) is 0 Å². The Hall–Kier alpha value is -3.66. The van der Waals surface area contributed by atoms with Crippen molar-refractivity contribution < 1.29 is 4.39 Å². The minimum absolute atomic E-state index is 0.134. The number of anilines is 3. The van der Waals surface area contributed by atoms with E-state index in [2.05, 4.69) is 40.6 Å². The lowest BCUT2D eigenvalue weighted by Crippen LogP contribution is -2.43. The molecule has 4 aromatic rings. The number of nitrogens with one attached hydrogen (secondary N) is 2.